The van der Waals surface area contributed by atoms with Crippen LogP contribution in [0.25, 0.3) is 0 Å². The SMILES string of the molecule is O=[N+]([O-])c1cc(Br)cnc1NCc1ccccc1O. The Morgan fingerprint density at radius 2 is 2.16 bits per heavy atom. The number of hydrogen-bond donors (Lipinski definition) is 2. The molecular weight excluding hydrogens is 314 g/mol. The van der Waals surface area contributed by atoms with Crippen molar-refractivity contribution in [3.05, 3.63) is 56.7 Å². The zero-order valence-corrected chi connectivity index (χ0v) is 11.3. The summed E-state index contributed by atoms with van der Waals surface area (Å²) in [7, 11) is 0. The molecule has 1 aromatic carbocycles. The molecule has 19 heavy (non-hydrogen) atoms. The van der Waals surface area contributed by atoms with Crippen molar-refractivity contribution in [2.75, 3.05) is 5.32 Å². The third-order valence-electron chi connectivity index (χ3n) is 2.47. The molecule has 0 atom stereocenters. The first-order chi connectivity index (χ1) is 9.08. The normalized spacial score (nSPS) is 10.2. The Labute approximate surface area is 117 Å². The molecule has 1 heterocycles. The summed E-state index contributed by atoms with van der Waals surface area (Å²) < 4.78 is 0.535. The molecule has 2 N–H and O–H groups in total. The second-order valence-corrected chi connectivity index (χ2v) is 4.68. The molecule has 0 amide bonds. The highest BCUT2D eigenvalue weighted by molar-refractivity contribution is 9.10. The van der Waals surface area contributed by atoms with Crippen molar-refractivity contribution in [2.24, 2.45) is 0 Å². The van der Waals surface area contributed by atoms with E-state index < -0.39 is 4.92 Å². The number of nitrogens with zero attached hydrogens (tertiary/aromatic N) is 2. The van der Waals surface area contributed by atoms with Crippen molar-refractivity contribution in [1.29, 1.82) is 0 Å². The van der Waals surface area contributed by atoms with Crippen LogP contribution in [0.3, 0.4) is 0 Å². The van der Waals surface area contributed by atoms with E-state index in [-0.39, 0.29) is 23.8 Å². The zero-order valence-electron chi connectivity index (χ0n) is 9.71. The number of anilines is 1. The van der Waals surface area contributed by atoms with Crippen molar-refractivity contribution in [3.63, 3.8) is 0 Å². The Morgan fingerprint density at radius 3 is 2.84 bits per heavy atom. The van der Waals surface area contributed by atoms with Gasteiger partial charge in [-0.05, 0) is 22.0 Å². The summed E-state index contributed by atoms with van der Waals surface area (Å²) in [5.74, 6) is 0.297. The first kappa shape index (κ1) is 13.3. The number of phenols is 1. The second-order valence-electron chi connectivity index (χ2n) is 3.76. The Morgan fingerprint density at radius 1 is 1.42 bits per heavy atom. The molecule has 1 aromatic heterocycles. The summed E-state index contributed by atoms with van der Waals surface area (Å²) in [6.45, 7) is 0.252. The van der Waals surface area contributed by atoms with Crippen LogP contribution in [0.5, 0.6) is 5.75 Å². The van der Waals surface area contributed by atoms with E-state index in [0.29, 0.717) is 10.0 Å². The maximum atomic E-state index is 10.9. The Kier molecular flexibility index (Phi) is 3.96. The number of rotatable bonds is 4. The Hall–Kier alpha value is -2.15. The van der Waals surface area contributed by atoms with Crippen LogP contribution in [0, 0.1) is 10.1 Å². The van der Waals surface area contributed by atoms with Gasteiger partial charge in [-0.1, -0.05) is 18.2 Å². The van der Waals surface area contributed by atoms with Gasteiger partial charge in [-0.2, -0.15) is 0 Å². The molecule has 0 radical (unpaired) electrons. The van der Waals surface area contributed by atoms with E-state index in [0.717, 1.165) is 0 Å². The second kappa shape index (κ2) is 5.66. The summed E-state index contributed by atoms with van der Waals surface area (Å²) in [5, 5.41) is 23.4. The van der Waals surface area contributed by atoms with Gasteiger partial charge in [0.05, 0.1) is 4.92 Å². The van der Waals surface area contributed by atoms with Crippen molar-refractivity contribution < 1.29 is 10.0 Å². The number of hydrogen-bond acceptors (Lipinski definition) is 5. The number of phenolic OH excluding ortho intramolecular Hbond substituents is 1. The minimum absolute atomic E-state index is 0.121. The van der Waals surface area contributed by atoms with E-state index >= 15 is 0 Å². The average Bonchev–Trinajstić information content (AvgIpc) is 2.38. The van der Waals surface area contributed by atoms with Gasteiger partial charge in [0, 0.05) is 28.8 Å². The number of para-hydroxylation sites is 1. The molecule has 7 heteroatoms. The number of pyridine rings is 1. The largest absolute Gasteiger partial charge is 0.508 e. The van der Waals surface area contributed by atoms with E-state index in [2.05, 4.69) is 26.2 Å². The lowest BCUT2D eigenvalue weighted by Crippen LogP contribution is -2.04. The van der Waals surface area contributed by atoms with Crippen LogP contribution in [0.2, 0.25) is 0 Å². The molecule has 0 bridgehead atoms. The first-order valence-electron chi connectivity index (χ1n) is 5.38. The molecule has 0 saturated heterocycles. The maximum Gasteiger partial charge on any atom is 0.312 e. The third kappa shape index (κ3) is 3.19. The van der Waals surface area contributed by atoms with Crippen LogP contribution in [0.4, 0.5) is 11.5 Å². The fourth-order valence-corrected chi connectivity index (χ4v) is 1.86. The van der Waals surface area contributed by atoms with Crippen molar-refractivity contribution in [3.8, 4) is 5.75 Å². The fourth-order valence-electron chi connectivity index (χ4n) is 1.54. The van der Waals surface area contributed by atoms with Gasteiger partial charge in [0.1, 0.15) is 5.75 Å². The fraction of sp³-hybridized carbons (Fsp3) is 0.0833. The lowest BCUT2D eigenvalue weighted by atomic mass is 10.2. The minimum atomic E-state index is -0.509. The average molecular weight is 324 g/mol. The van der Waals surface area contributed by atoms with Crippen LogP contribution < -0.4 is 5.32 Å². The lowest BCUT2D eigenvalue weighted by Gasteiger charge is -2.07. The number of aromatic hydroxyl groups is 1. The number of halogens is 1. The van der Waals surface area contributed by atoms with Crippen molar-refractivity contribution in [2.45, 2.75) is 6.54 Å². The quantitative estimate of drug-likeness (QED) is 0.666. The lowest BCUT2D eigenvalue weighted by molar-refractivity contribution is -0.384. The molecule has 0 saturated carbocycles. The summed E-state index contributed by atoms with van der Waals surface area (Å²) in [4.78, 5) is 14.4. The van der Waals surface area contributed by atoms with E-state index in [4.69, 9.17) is 0 Å². The topological polar surface area (TPSA) is 88.3 Å². The molecule has 2 aromatic rings. The molecule has 0 aliphatic heterocycles. The van der Waals surface area contributed by atoms with Gasteiger partial charge < -0.3 is 10.4 Å². The van der Waals surface area contributed by atoms with Gasteiger partial charge in [0.15, 0.2) is 0 Å². The van der Waals surface area contributed by atoms with Crippen LogP contribution in [-0.4, -0.2) is 15.0 Å². The molecule has 2 rings (SSSR count). The van der Waals surface area contributed by atoms with Crippen LogP contribution in [0.1, 0.15) is 5.56 Å². The van der Waals surface area contributed by atoms with Gasteiger partial charge >= 0.3 is 5.69 Å². The van der Waals surface area contributed by atoms with Gasteiger partial charge in [-0.15, -0.1) is 0 Å². The molecule has 0 spiro atoms. The van der Waals surface area contributed by atoms with Gasteiger partial charge in [0.25, 0.3) is 0 Å². The molecule has 0 aliphatic rings. The maximum absolute atomic E-state index is 10.9. The van der Waals surface area contributed by atoms with E-state index in [1.807, 2.05) is 0 Å². The number of nitrogens with one attached hydrogen (secondary N) is 1. The van der Waals surface area contributed by atoms with E-state index in [1.165, 1.54) is 12.3 Å². The summed E-state index contributed by atoms with van der Waals surface area (Å²) >= 11 is 3.14. The molecule has 6 nitrogen and oxygen atoms in total. The van der Waals surface area contributed by atoms with Gasteiger partial charge in [-0.3, -0.25) is 10.1 Å². The summed E-state index contributed by atoms with van der Waals surface area (Å²) in [5.41, 5.74) is 0.520. The molecule has 0 aliphatic carbocycles. The van der Waals surface area contributed by atoms with E-state index in [9.17, 15) is 15.2 Å². The van der Waals surface area contributed by atoms with Gasteiger partial charge in [0.2, 0.25) is 5.82 Å². The number of nitro groups is 1. The minimum Gasteiger partial charge on any atom is -0.508 e. The Balaban J connectivity index is 2.20. The van der Waals surface area contributed by atoms with Crippen LogP contribution in [-0.2, 0) is 6.54 Å². The van der Waals surface area contributed by atoms with Crippen LogP contribution >= 0.6 is 15.9 Å². The predicted octanol–water partition coefficient (Wildman–Crippen LogP) is 3.07. The molecule has 0 fully saturated rings. The molecular formula is C12H10BrN3O3. The standard InChI is InChI=1S/C12H10BrN3O3/c13-9-5-10(16(18)19)12(15-7-9)14-6-8-3-1-2-4-11(8)17/h1-5,7,17H,6H2,(H,14,15). The monoisotopic (exact) mass is 323 g/mol. The Bertz CT molecular complexity index is 619. The molecule has 98 valence electrons. The highest BCUT2D eigenvalue weighted by Crippen LogP contribution is 2.26. The molecule has 0 unspecified atom stereocenters. The van der Waals surface area contributed by atoms with Crippen LogP contribution in [0.15, 0.2) is 41.0 Å². The highest BCUT2D eigenvalue weighted by atomic mass is 79.9. The first-order valence-corrected chi connectivity index (χ1v) is 6.18. The zero-order chi connectivity index (χ0) is 13.8. The van der Waals surface area contributed by atoms with Crippen molar-refractivity contribution in [1.82, 2.24) is 4.98 Å². The smallest absolute Gasteiger partial charge is 0.312 e. The predicted molar refractivity (Wildman–Crippen MR) is 74.0 cm³/mol. The number of aromatic nitrogens is 1. The van der Waals surface area contributed by atoms with Gasteiger partial charge in [-0.25, -0.2) is 4.98 Å². The summed E-state index contributed by atoms with van der Waals surface area (Å²) in [6, 6.07) is 8.15. The highest BCUT2D eigenvalue weighted by Gasteiger charge is 2.15. The number of benzene rings is 1. The third-order valence-corrected chi connectivity index (χ3v) is 2.90. The van der Waals surface area contributed by atoms with Crippen molar-refractivity contribution >= 4 is 27.4 Å². The van der Waals surface area contributed by atoms with E-state index in [1.54, 1.807) is 24.3 Å². The summed E-state index contributed by atoms with van der Waals surface area (Å²) in [6.07, 6.45) is 1.47.